The Balaban J connectivity index is 4.59. The molecular weight excluding hydrogens is 803 g/mol. The maximum atomic E-state index is 13.2. The smallest absolute Gasteiger partial charge is 0.306 e. The molecule has 6 nitrogen and oxygen atoms in total. The second kappa shape index (κ2) is 51.8. The number of rotatable bonds is 47. The van der Waals surface area contributed by atoms with Crippen molar-refractivity contribution in [3.8, 4) is 0 Å². The predicted molar refractivity (Wildman–Crippen MR) is 282 cm³/mol. The van der Waals surface area contributed by atoms with E-state index in [0.717, 1.165) is 109 Å². The minimum Gasteiger partial charge on any atom is -0.462 e. The molecule has 372 valence electrons. The Hall–Kier alpha value is -3.22. The summed E-state index contributed by atoms with van der Waals surface area (Å²) in [4.78, 5) is 26.2. The van der Waals surface area contributed by atoms with Gasteiger partial charge in [-0.05, 0) is 89.9 Å². The lowest BCUT2D eigenvalue weighted by Crippen LogP contribution is -2.46. The summed E-state index contributed by atoms with van der Waals surface area (Å²) in [6.07, 6.45) is 69.0. The third-order valence-corrected chi connectivity index (χ3v) is 11.7. The number of carbonyl (C=O) groups is 2. The SMILES string of the molecule is CC/C=C\C/C=C\C/C=C\C/C=C\C/C=C\CCCCCC(=O)OC(CCCCC\C=C/C=C/C=C/CC)CC(=O)NC(CO)C(O)CCCCCCCCCCCCCCCCCC. The van der Waals surface area contributed by atoms with Crippen molar-refractivity contribution in [1.29, 1.82) is 0 Å². The van der Waals surface area contributed by atoms with Crippen molar-refractivity contribution < 1.29 is 24.5 Å². The van der Waals surface area contributed by atoms with Crippen LogP contribution in [0.1, 0.15) is 239 Å². The molecule has 0 rings (SSSR count). The highest BCUT2D eigenvalue weighted by Gasteiger charge is 2.24. The number of allylic oxidation sites excluding steroid dienone is 16. The Morgan fingerprint density at radius 1 is 0.477 bits per heavy atom. The van der Waals surface area contributed by atoms with Gasteiger partial charge in [0, 0.05) is 6.42 Å². The molecule has 0 aliphatic heterocycles. The first-order valence-corrected chi connectivity index (χ1v) is 27.0. The first kappa shape index (κ1) is 61.8. The average Bonchev–Trinajstić information content (AvgIpc) is 3.30. The minimum atomic E-state index is -0.809. The summed E-state index contributed by atoms with van der Waals surface area (Å²) in [7, 11) is 0. The molecule has 3 atom stereocenters. The average molecular weight is 904 g/mol. The molecule has 1 amide bonds. The summed E-state index contributed by atoms with van der Waals surface area (Å²) in [5.41, 5.74) is 0. The van der Waals surface area contributed by atoms with Crippen LogP contribution in [0.25, 0.3) is 0 Å². The van der Waals surface area contributed by atoms with Crippen molar-refractivity contribution in [3.05, 3.63) is 97.2 Å². The molecule has 0 aromatic carbocycles. The van der Waals surface area contributed by atoms with E-state index in [2.05, 4.69) is 111 Å². The molecule has 0 saturated carbocycles. The number of aliphatic hydroxyl groups is 2. The lowest BCUT2D eigenvalue weighted by Gasteiger charge is -2.24. The zero-order chi connectivity index (χ0) is 47.4. The topological polar surface area (TPSA) is 95.9 Å². The third kappa shape index (κ3) is 47.1. The highest BCUT2D eigenvalue weighted by atomic mass is 16.5. The molecule has 6 heteroatoms. The van der Waals surface area contributed by atoms with E-state index in [-0.39, 0.29) is 24.9 Å². The quantitative estimate of drug-likeness (QED) is 0.0245. The lowest BCUT2D eigenvalue weighted by atomic mass is 10.0. The maximum Gasteiger partial charge on any atom is 0.306 e. The molecule has 0 fully saturated rings. The predicted octanol–water partition coefficient (Wildman–Crippen LogP) is 16.5. The van der Waals surface area contributed by atoms with Crippen molar-refractivity contribution in [2.45, 2.75) is 257 Å². The number of hydrogen-bond donors (Lipinski definition) is 3. The summed E-state index contributed by atoms with van der Waals surface area (Å²) < 4.78 is 5.90. The van der Waals surface area contributed by atoms with Gasteiger partial charge in [0.2, 0.25) is 5.91 Å². The van der Waals surface area contributed by atoms with Gasteiger partial charge in [-0.15, -0.1) is 0 Å². The largest absolute Gasteiger partial charge is 0.462 e. The van der Waals surface area contributed by atoms with Gasteiger partial charge in [0.25, 0.3) is 0 Å². The molecule has 3 N–H and O–H groups in total. The van der Waals surface area contributed by atoms with Gasteiger partial charge < -0.3 is 20.3 Å². The Labute approximate surface area is 401 Å². The van der Waals surface area contributed by atoms with E-state index in [4.69, 9.17) is 4.74 Å². The van der Waals surface area contributed by atoms with Crippen LogP contribution in [-0.4, -0.2) is 46.9 Å². The van der Waals surface area contributed by atoms with Crippen molar-refractivity contribution in [2.75, 3.05) is 6.61 Å². The molecule has 0 aliphatic carbocycles. The summed E-state index contributed by atoms with van der Waals surface area (Å²) >= 11 is 0. The number of unbranched alkanes of at least 4 members (excludes halogenated alkanes) is 21. The number of hydrogen-bond acceptors (Lipinski definition) is 5. The molecule has 0 heterocycles. The van der Waals surface area contributed by atoms with E-state index in [1.54, 1.807) is 0 Å². The van der Waals surface area contributed by atoms with Gasteiger partial charge >= 0.3 is 5.97 Å². The van der Waals surface area contributed by atoms with Crippen LogP contribution in [0.5, 0.6) is 0 Å². The van der Waals surface area contributed by atoms with E-state index in [0.29, 0.717) is 19.3 Å². The Kier molecular flexibility index (Phi) is 49.2. The van der Waals surface area contributed by atoms with Crippen LogP contribution in [0.2, 0.25) is 0 Å². The monoisotopic (exact) mass is 904 g/mol. The highest BCUT2D eigenvalue weighted by Crippen LogP contribution is 2.17. The molecule has 0 radical (unpaired) electrons. The van der Waals surface area contributed by atoms with Gasteiger partial charge in [0.1, 0.15) is 6.10 Å². The van der Waals surface area contributed by atoms with Crippen LogP contribution < -0.4 is 5.32 Å². The molecule has 0 saturated heterocycles. The van der Waals surface area contributed by atoms with E-state index >= 15 is 0 Å². The highest BCUT2D eigenvalue weighted by molar-refractivity contribution is 5.77. The van der Waals surface area contributed by atoms with E-state index in [1.165, 1.54) is 83.5 Å². The number of carbonyl (C=O) groups excluding carboxylic acids is 2. The molecule has 3 unspecified atom stereocenters. The first-order valence-electron chi connectivity index (χ1n) is 27.0. The Bertz CT molecular complexity index is 1290. The summed E-state index contributed by atoms with van der Waals surface area (Å²) in [6.45, 7) is 6.22. The molecule has 0 bridgehead atoms. The maximum absolute atomic E-state index is 13.2. The zero-order valence-corrected chi connectivity index (χ0v) is 42.3. The van der Waals surface area contributed by atoms with Crippen LogP contribution in [0.15, 0.2) is 97.2 Å². The molecule has 65 heavy (non-hydrogen) atoms. The summed E-state index contributed by atoms with van der Waals surface area (Å²) in [5.74, 6) is -0.552. The van der Waals surface area contributed by atoms with Crippen LogP contribution in [0, 0.1) is 0 Å². The third-order valence-electron chi connectivity index (χ3n) is 11.7. The molecular formula is C59H101NO5. The van der Waals surface area contributed by atoms with Crippen molar-refractivity contribution in [3.63, 3.8) is 0 Å². The molecule has 0 spiro atoms. The van der Waals surface area contributed by atoms with E-state index in [1.807, 2.05) is 12.2 Å². The van der Waals surface area contributed by atoms with Crippen LogP contribution in [0.3, 0.4) is 0 Å². The van der Waals surface area contributed by atoms with Crippen LogP contribution in [0.4, 0.5) is 0 Å². The number of nitrogens with one attached hydrogen (secondary N) is 1. The number of amides is 1. The molecule has 0 aliphatic rings. The lowest BCUT2D eigenvalue weighted by molar-refractivity contribution is -0.151. The van der Waals surface area contributed by atoms with Gasteiger partial charge in [-0.3, -0.25) is 9.59 Å². The van der Waals surface area contributed by atoms with Gasteiger partial charge in [0.05, 0.1) is 25.2 Å². The Morgan fingerprint density at radius 3 is 1.43 bits per heavy atom. The van der Waals surface area contributed by atoms with Crippen LogP contribution >= 0.6 is 0 Å². The second-order valence-corrected chi connectivity index (χ2v) is 17.9. The summed E-state index contributed by atoms with van der Waals surface area (Å²) in [5, 5.41) is 23.8. The fraction of sp³-hybridized carbons (Fsp3) is 0.695. The normalized spacial score (nSPS) is 14.0. The fourth-order valence-electron chi connectivity index (χ4n) is 7.69. The number of esters is 1. The number of ether oxygens (including phenoxy) is 1. The minimum absolute atomic E-state index is 0.0358. The Morgan fingerprint density at radius 2 is 0.908 bits per heavy atom. The summed E-state index contributed by atoms with van der Waals surface area (Å²) in [6, 6.07) is -0.726. The van der Waals surface area contributed by atoms with E-state index in [9.17, 15) is 19.8 Å². The molecule has 0 aromatic rings. The standard InChI is InChI=1S/C59H101NO5/c1-4-7-10-13-16-19-22-24-26-28-29-30-32-34-37-40-43-46-49-52-59(64)65-55(50-47-44-41-38-35-21-18-15-12-9-6-3)53-58(63)60-56(54-61)57(62)51-48-45-42-39-36-33-31-27-25-23-20-17-14-11-8-5-2/h7,9-10,12,15-16,18-19,21,24,26,29-30,34-35,37,55-57,61-62H,4-6,8,11,13-14,17,20,22-23,25,27-28,31-33,36,38-54H2,1-3H3,(H,60,63)/b10-7-,12-9+,18-15+,19-16-,26-24-,30-29-,35-21-,37-34-. The van der Waals surface area contributed by atoms with Crippen molar-refractivity contribution >= 4 is 11.9 Å². The van der Waals surface area contributed by atoms with Crippen LogP contribution in [-0.2, 0) is 14.3 Å². The van der Waals surface area contributed by atoms with Crippen molar-refractivity contribution in [1.82, 2.24) is 5.32 Å². The van der Waals surface area contributed by atoms with Gasteiger partial charge in [-0.2, -0.15) is 0 Å². The van der Waals surface area contributed by atoms with Gasteiger partial charge in [-0.1, -0.05) is 234 Å². The number of aliphatic hydroxyl groups excluding tert-OH is 2. The van der Waals surface area contributed by atoms with E-state index < -0.39 is 18.2 Å². The van der Waals surface area contributed by atoms with Crippen molar-refractivity contribution in [2.24, 2.45) is 0 Å². The fourth-order valence-corrected chi connectivity index (χ4v) is 7.69. The molecule has 0 aromatic heterocycles. The van der Waals surface area contributed by atoms with Gasteiger partial charge in [-0.25, -0.2) is 0 Å². The first-order chi connectivity index (χ1) is 32.0. The van der Waals surface area contributed by atoms with Gasteiger partial charge in [0.15, 0.2) is 0 Å². The second-order valence-electron chi connectivity index (χ2n) is 17.9. The zero-order valence-electron chi connectivity index (χ0n) is 42.3.